The van der Waals surface area contributed by atoms with E-state index in [0.717, 1.165) is 0 Å². The Hall–Kier alpha value is -1.73. The second-order valence-corrected chi connectivity index (χ2v) is 8.61. The third-order valence-electron chi connectivity index (χ3n) is 3.62. The monoisotopic (exact) mass is 369 g/mol. The number of rotatable bonds is 8. The Kier molecular flexibility index (Phi) is 7.76. The molecule has 1 rings (SSSR count). The number of benzene rings is 1. The van der Waals surface area contributed by atoms with E-state index in [9.17, 15) is 13.8 Å². The fourth-order valence-electron chi connectivity index (χ4n) is 2.05. The second-order valence-electron chi connectivity index (χ2n) is 6.61. The van der Waals surface area contributed by atoms with Crippen molar-refractivity contribution in [1.82, 2.24) is 4.72 Å². The molecule has 0 aliphatic rings. The summed E-state index contributed by atoms with van der Waals surface area (Å²) in [4.78, 5) is 25.0. The van der Waals surface area contributed by atoms with Gasteiger partial charge in [-0.1, -0.05) is 6.92 Å². The van der Waals surface area contributed by atoms with Gasteiger partial charge in [-0.25, -0.2) is 8.93 Å². The molecule has 0 saturated heterocycles. The molecule has 0 amide bonds. The lowest BCUT2D eigenvalue weighted by Crippen LogP contribution is -2.49. The molecule has 0 radical (unpaired) electrons. The van der Waals surface area contributed by atoms with E-state index in [4.69, 9.17) is 9.47 Å². The van der Waals surface area contributed by atoms with Crippen molar-refractivity contribution in [3.8, 4) is 5.75 Å². The quantitative estimate of drug-likeness (QED) is 0.562. The zero-order valence-corrected chi connectivity index (χ0v) is 16.4. The first kappa shape index (κ1) is 21.3. The summed E-state index contributed by atoms with van der Waals surface area (Å²) in [5, 5.41) is 0. The van der Waals surface area contributed by atoms with Crippen molar-refractivity contribution in [2.45, 2.75) is 45.4 Å². The van der Waals surface area contributed by atoms with Crippen LogP contribution in [0.1, 0.15) is 45.0 Å². The van der Waals surface area contributed by atoms with Crippen LogP contribution < -0.4 is 9.46 Å². The summed E-state index contributed by atoms with van der Waals surface area (Å²) in [6.45, 7) is 8.85. The van der Waals surface area contributed by atoms with Crippen LogP contribution in [-0.2, 0) is 20.5 Å². The summed E-state index contributed by atoms with van der Waals surface area (Å²) in [6.07, 6.45) is 0. The van der Waals surface area contributed by atoms with Crippen molar-refractivity contribution in [2.24, 2.45) is 5.92 Å². The Bertz CT molecular complexity index is 621. The van der Waals surface area contributed by atoms with Crippen molar-refractivity contribution in [1.29, 1.82) is 0 Å². The number of carbonyl (C=O) groups excluding carboxylic acids is 2. The number of methoxy groups -OCH3 is 1. The summed E-state index contributed by atoms with van der Waals surface area (Å²) in [7, 11) is 0.0304. The van der Waals surface area contributed by atoms with Gasteiger partial charge in [-0.2, -0.15) is 0 Å². The van der Waals surface area contributed by atoms with Gasteiger partial charge in [0.2, 0.25) is 0 Å². The van der Waals surface area contributed by atoms with Gasteiger partial charge in [0.1, 0.15) is 11.8 Å². The molecule has 140 valence electrons. The first-order chi connectivity index (χ1) is 11.6. The summed E-state index contributed by atoms with van der Waals surface area (Å²) in [6, 6.07) is 5.65. The Balaban J connectivity index is 3.04. The molecule has 0 aromatic heterocycles. The zero-order chi connectivity index (χ0) is 19.2. The van der Waals surface area contributed by atoms with Gasteiger partial charge in [0, 0.05) is 11.5 Å². The molecule has 0 spiro atoms. The first-order valence-electron chi connectivity index (χ1n) is 8.14. The molecule has 1 aromatic carbocycles. The first-order valence-corrected chi connectivity index (χ1v) is 9.29. The Labute approximate surface area is 151 Å². The molecular formula is C18H27NO5S. The molecule has 0 fully saturated rings. The van der Waals surface area contributed by atoms with Gasteiger partial charge in [-0.3, -0.25) is 9.59 Å². The van der Waals surface area contributed by atoms with Crippen LogP contribution >= 0.6 is 0 Å². The van der Waals surface area contributed by atoms with Crippen LogP contribution in [0.5, 0.6) is 5.75 Å². The molecule has 7 heteroatoms. The molecule has 0 unspecified atom stereocenters. The van der Waals surface area contributed by atoms with Gasteiger partial charge in [-0.05, 0) is 52.0 Å². The smallest absolute Gasteiger partial charge is 0.324 e. The normalized spacial score (nSPS) is 15.1. The van der Waals surface area contributed by atoms with E-state index >= 15 is 0 Å². The number of ether oxygens (including phenoxy) is 2. The highest BCUT2D eigenvalue weighted by Gasteiger charge is 2.35. The van der Waals surface area contributed by atoms with Crippen LogP contribution in [0, 0.1) is 5.92 Å². The van der Waals surface area contributed by atoms with Crippen molar-refractivity contribution < 1.29 is 23.3 Å². The minimum Gasteiger partial charge on any atom is -0.497 e. The van der Waals surface area contributed by atoms with E-state index in [2.05, 4.69) is 4.72 Å². The fourth-order valence-corrected chi connectivity index (χ4v) is 2.93. The summed E-state index contributed by atoms with van der Waals surface area (Å²) >= 11 is 0. The summed E-state index contributed by atoms with van der Waals surface area (Å²) < 4.78 is 24.7. The van der Waals surface area contributed by atoms with Crippen LogP contribution in [0.25, 0.3) is 0 Å². The maximum atomic E-state index is 12.7. The highest BCUT2D eigenvalue weighted by Crippen LogP contribution is 2.19. The number of esters is 1. The van der Waals surface area contributed by atoms with E-state index in [1.807, 2.05) is 0 Å². The number of carbonyl (C=O) groups is 2. The molecule has 25 heavy (non-hydrogen) atoms. The summed E-state index contributed by atoms with van der Waals surface area (Å²) in [5.41, 5.74) is 0.450. The fraction of sp³-hybridized carbons (Fsp3) is 0.556. The number of hydrogen-bond acceptors (Lipinski definition) is 5. The van der Waals surface area contributed by atoms with Crippen molar-refractivity contribution in [2.75, 3.05) is 13.7 Å². The van der Waals surface area contributed by atoms with E-state index < -0.39 is 33.7 Å². The number of nitrogens with one attached hydrogen (secondary N) is 1. The second kappa shape index (κ2) is 9.10. The highest BCUT2D eigenvalue weighted by molar-refractivity contribution is 7.84. The van der Waals surface area contributed by atoms with Crippen LogP contribution in [-0.4, -0.2) is 40.5 Å². The topological polar surface area (TPSA) is 81.7 Å². The van der Waals surface area contributed by atoms with Crippen molar-refractivity contribution in [3.63, 3.8) is 0 Å². The number of hydrogen-bond donors (Lipinski definition) is 1. The maximum Gasteiger partial charge on any atom is 0.324 e. The molecule has 6 nitrogen and oxygen atoms in total. The SMILES string of the molecule is CCOC(=O)[C@H](N[S@@](=O)C(C)(C)C)[C@H](C)C(=O)c1ccc(OC)cc1. The molecule has 1 aromatic rings. The Morgan fingerprint density at radius 3 is 2.20 bits per heavy atom. The van der Waals surface area contributed by atoms with E-state index in [0.29, 0.717) is 11.3 Å². The van der Waals surface area contributed by atoms with Gasteiger partial charge >= 0.3 is 5.97 Å². The van der Waals surface area contributed by atoms with Crippen LogP contribution in [0.15, 0.2) is 24.3 Å². The third kappa shape index (κ3) is 5.93. The van der Waals surface area contributed by atoms with Crippen LogP contribution in [0.2, 0.25) is 0 Å². The average Bonchev–Trinajstić information content (AvgIpc) is 2.57. The lowest BCUT2D eigenvalue weighted by molar-refractivity contribution is -0.146. The largest absolute Gasteiger partial charge is 0.497 e. The van der Waals surface area contributed by atoms with Crippen molar-refractivity contribution >= 4 is 22.7 Å². The van der Waals surface area contributed by atoms with Gasteiger partial charge in [0.05, 0.1) is 29.4 Å². The molecule has 0 bridgehead atoms. The minimum absolute atomic E-state index is 0.183. The molecule has 0 saturated carbocycles. The lowest BCUT2D eigenvalue weighted by Gasteiger charge is -2.26. The van der Waals surface area contributed by atoms with E-state index in [-0.39, 0.29) is 12.4 Å². The van der Waals surface area contributed by atoms with Gasteiger partial charge < -0.3 is 9.47 Å². The summed E-state index contributed by atoms with van der Waals surface area (Å²) in [5.74, 6) is -0.926. The maximum absolute atomic E-state index is 12.7. The molecule has 0 aliphatic carbocycles. The zero-order valence-electron chi connectivity index (χ0n) is 15.6. The van der Waals surface area contributed by atoms with Gasteiger partial charge in [0.25, 0.3) is 0 Å². The number of Topliss-reactive ketones (excluding diaryl/α,β-unsaturated/α-hetero) is 1. The third-order valence-corrected chi connectivity index (χ3v) is 5.20. The van der Waals surface area contributed by atoms with Crippen molar-refractivity contribution in [3.05, 3.63) is 29.8 Å². The van der Waals surface area contributed by atoms with E-state index in [1.165, 1.54) is 0 Å². The molecule has 1 N–H and O–H groups in total. The minimum atomic E-state index is -1.51. The van der Waals surface area contributed by atoms with Crippen LogP contribution in [0.4, 0.5) is 0 Å². The molecule has 0 aliphatic heterocycles. The lowest BCUT2D eigenvalue weighted by atomic mass is 9.93. The average molecular weight is 369 g/mol. The standard InChI is InChI=1S/C18H27NO5S/c1-7-24-17(21)15(19-25(22)18(3,4)5)12(2)16(20)13-8-10-14(23-6)11-9-13/h8-12,15,19H,7H2,1-6H3/t12-,15+,25-/m0/s1. The predicted molar refractivity (Wildman–Crippen MR) is 97.9 cm³/mol. The highest BCUT2D eigenvalue weighted by atomic mass is 32.2. The molecular weight excluding hydrogens is 342 g/mol. The van der Waals surface area contributed by atoms with E-state index in [1.54, 1.807) is 66.0 Å². The Morgan fingerprint density at radius 1 is 1.20 bits per heavy atom. The van der Waals surface area contributed by atoms with Gasteiger partial charge in [0.15, 0.2) is 5.78 Å². The van der Waals surface area contributed by atoms with Crippen LogP contribution in [0.3, 0.4) is 0 Å². The Morgan fingerprint density at radius 2 is 1.76 bits per heavy atom. The molecule has 0 heterocycles. The van der Waals surface area contributed by atoms with Gasteiger partial charge in [-0.15, -0.1) is 0 Å². The number of ketones is 1. The predicted octanol–water partition coefficient (Wildman–Crippen LogP) is 2.50. The molecule has 3 atom stereocenters.